The highest BCUT2D eigenvalue weighted by Gasteiger charge is 2.01. The van der Waals surface area contributed by atoms with Gasteiger partial charge in [-0.1, -0.05) is 0 Å². The Morgan fingerprint density at radius 3 is 2.60 bits per heavy atom. The van der Waals surface area contributed by atoms with Crippen molar-refractivity contribution < 1.29 is 4.74 Å². The quantitative estimate of drug-likeness (QED) is 0.654. The van der Waals surface area contributed by atoms with E-state index in [-0.39, 0.29) is 0 Å². The molecule has 0 N–H and O–H groups in total. The van der Waals surface area contributed by atoms with Crippen LogP contribution in [0, 0.1) is 13.8 Å². The van der Waals surface area contributed by atoms with Gasteiger partial charge in [0.05, 0.1) is 12.3 Å². The van der Waals surface area contributed by atoms with Crippen molar-refractivity contribution in [3.63, 3.8) is 0 Å². The molecule has 1 aromatic heterocycles. The van der Waals surface area contributed by atoms with Crippen molar-refractivity contribution in [2.45, 2.75) is 20.5 Å². The Morgan fingerprint density at radius 2 is 2.20 bits per heavy atom. The number of hydrogen-bond acceptors (Lipinski definition) is 3. The van der Waals surface area contributed by atoms with Gasteiger partial charge in [-0.2, -0.15) is 0 Å². The van der Waals surface area contributed by atoms with E-state index >= 15 is 0 Å². The molecule has 0 atom stereocenters. The van der Waals surface area contributed by atoms with Gasteiger partial charge in [-0.15, -0.1) is 11.3 Å². The second-order valence-corrected chi connectivity index (χ2v) is 3.47. The van der Waals surface area contributed by atoms with Crippen LogP contribution in [0.3, 0.4) is 0 Å². The normalized spacial score (nSPS) is 10.3. The highest BCUT2D eigenvalue weighted by Crippen LogP contribution is 2.16. The molecule has 0 radical (unpaired) electrons. The van der Waals surface area contributed by atoms with Gasteiger partial charge in [0.25, 0.3) is 0 Å². The van der Waals surface area contributed by atoms with Crippen molar-refractivity contribution in [1.29, 1.82) is 0 Å². The molecule has 1 heterocycles. The van der Waals surface area contributed by atoms with E-state index in [2.05, 4.69) is 11.9 Å². The van der Waals surface area contributed by atoms with Crippen molar-refractivity contribution >= 4 is 11.3 Å². The first kappa shape index (κ1) is 7.69. The molecule has 0 spiro atoms. The zero-order chi connectivity index (χ0) is 7.56. The third-order valence-electron chi connectivity index (χ3n) is 1.34. The van der Waals surface area contributed by atoms with Crippen LogP contribution >= 0.6 is 11.3 Å². The minimum atomic E-state index is 0.638. The zero-order valence-electron chi connectivity index (χ0n) is 6.47. The minimum absolute atomic E-state index is 0.638. The van der Waals surface area contributed by atoms with Crippen LogP contribution in [0.15, 0.2) is 0 Å². The molecule has 1 rings (SSSR count). The summed E-state index contributed by atoms with van der Waals surface area (Å²) in [6.07, 6.45) is 0. The van der Waals surface area contributed by atoms with Crippen LogP contribution in [0.5, 0.6) is 0 Å². The van der Waals surface area contributed by atoms with Crippen molar-refractivity contribution in [3.05, 3.63) is 15.6 Å². The van der Waals surface area contributed by atoms with Gasteiger partial charge in [0.2, 0.25) is 0 Å². The number of nitrogens with zero attached hydrogens (tertiary/aromatic N) is 1. The molecule has 10 heavy (non-hydrogen) atoms. The van der Waals surface area contributed by atoms with E-state index < -0.39 is 0 Å². The second kappa shape index (κ2) is 3.12. The Labute approximate surface area is 64.9 Å². The van der Waals surface area contributed by atoms with E-state index in [4.69, 9.17) is 4.74 Å². The Bertz CT molecular complexity index is 200. The maximum atomic E-state index is 4.94. The lowest BCUT2D eigenvalue weighted by Crippen LogP contribution is -1.84. The van der Waals surface area contributed by atoms with E-state index in [1.807, 2.05) is 6.92 Å². The lowest BCUT2D eigenvalue weighted by Gasteiger charge is -1.88. The first-order chi connectivity index (χ1) is 4.74. The molecular weight excluding hydrogens is 146 g/mol. The summed E-state index contributed by atoms with van der Waals surface area (Å²) in [4.78, 5) is 5.58. The predicted molar refractivity (Wildman–Crippen MR) is 42.3 cm³/mol. The molecule has 0 aliphatic carbocycles. The van der Waals surface area contributed by atoms with Gasteiger partial charge in [-0.25, -0.2) is 4.98 Å². The maximum Gasteiger partial charge on any atom is 0.119 e. The van der Waals surface area contributed by atoms with E-state index in [1.165, 1.54) is 4.88 Å². The monoisotopic (exact) mass is 157 g/mol. The third-order valence-corrected chi connectivity index (χ3v) is 2.39. The smallest absolute Gasteiger partial charge is 0.119 e. The van der Waals surface area contributed by atoms with Gasteiger partial charge in [0.1, 0.15) is 5.01 Å². The lowest BCUT2D eigenvalue weighted by atomic mass is 10.4. The van der Waals surface area contributed by atoms with Crippen LogP contribution in [-0.2, 0) is 11.3 Å². The molecule has 0 saturated carbocycles. The molecule has 0 unspecified atom stereocenters. The molecule has 0 fully saturated rings. The van der Waals surface area contributed by atoms with Gasteiger partial charge >= 0.3 is 0 Å². The van der Waals surface area contributed by atoms with Crippen molar-refractivity contribution in [2.75, 3.05) is 7.11 Å². The Hall–Kier alpha value is -0.410. The number of ether oxygens (including phenoxy) is 1. The molecule has 56 valence electrons. The first-order valence-electron chi connectivity index (χ1n) is 3.16. The van der Waals surface area contributed by atoms with E-state index in [9.17, 15) is 0 Å². The van der Waals surface area contributed by atoms with Crippen molar-refractivity contribution in [1.82, 2.24) is 4.98 Å². The summed E-state index contributed by atoms with van der Waals surface area (Å²) in [7, 11) is 1.69. The summed E-state index contributed by atoms with van der Waals surface area (Å²) >= 11 is 1.70. The topological polar surface area (TPSA) is 22.1 Å². The fourth-order valence-corrected chi connectivity index (χ4v) is 1.63. The molecule has 0 aliphatic heterocycles. The van der Waals surface area contributed by atoms with Gasteiger partial charge in [-0.05, 0) is 13.8 Å². The van der Waals surface area contributed by atoms with Crippen LogP contribution in [0.25, 0.3) is 0 Å². The summed E-state index contributed by atoms with van der Waals surface area (Å²) in [5.41, 5.74) is 1.12. The Balaban J connectivity index is 2.77. The Morgan fingerprint density at radius 1 is 1.50 bits per heavy atom. The minimum Gasteiger partial charge on any atom is -0.378 e. The average molecular weight is 157 g/mol. The van der Waals surface area contributed by atoms with Crippen molar-refractivity contribution in [2.24, 2.45) is 0 Å². The fraction of sp³-hybridized carbons (Fsp3) is 0.571. The number of aryl methyl sites for hydroxylation is 2. The van der Waals surface area contributed by atoms with E-state index in [0.717, 1.165) is 10.7 Å². The van der Waals surface area contributed by atoms with Crippen LogP contribution < -0.4 is 0 Å². The molecule has 0 amide bonds. The molecule has 0 bridgehead atoms. The molecule has 2 nitrogen and oxygen atoms in total. The van der Waals surface area contributed by atoms with Crippen LogP contribution in [0.2, 0.25) is 0 Å². The van der Waals surface area contributed by atoms with Gasteiger partial charge < -0.3 is 4.74 Å². The van der Waals surface area contributed by atoms with E-state index in [1.54, 1.807) is 18.4 Å². The van der Waals surface area contributed by atoms with Gasteiger partial charge in [0, 0.05) is 12.0 Å². The number of aromatic nitrogens is 1. The summed E-state index contributed by atoms with van der Waals surface area (Å²) in [6.45, 7) is 4.73. The van der Waals surface area contributed by atoms with Gasteiger partial charge in [0.15, 0.2) is 0 Å². The third kappa shape index (κ3) is 1.55. The first-order valence-corrected chi connectivity index (χ1v) is 3.97. The summed E-state index contributed by atoms with van der Waals surface area (Å²) < 4.78 is 4.94. The highest BCUT2D eigenvalue weighted by atomic mass is 32.1. The number of thiazole rings is 1. The average Bonchev–Trinajstić information content (AvgIpc) is 2.14. The number of methoxy groups -OCH3 is 1. The fourth-order valence-electron chi connectivity index (χ4n) is 0.724. The lowest BCUT2D eigenvalue weighted by molar-refractivity contribution is 0.184. The predicted octanol–water partition coefficient (Wildman–Crippen LogP) is 1.91. The van der Waals surface area contributed by atoms with Crippen molar-refractivity contribution in [3.8, 4) is 0 Å². The van der Waals surface area contributed by atoms with Crippen LogP contribution in [-0.4, -0.2) is 12.1 Å². The maximum absolute atomic E-state index is 4.94. The molecule has 0 aliphatic rings. The Kier molecular flexibility index (Phi) is 2.40. The molecule has 1 aromatic rings. The van der Waals surface area contributed by atoms with Gasteiger partial charge in [-0.3, -0.25) is 0 Å². The summed E-state index contributed by atoms with van der Waals surface area (Å²) in [5.74, 6) is 0. The largest absolute Gasteiger partial charge is 0.378 e. The zero-order valence-corrected chi connectivity index (χ0v) is 7.29. The summed E-state index contributed by atoms with van der Waals surface area (Å²) in [5, 5.41) is 1.07. The highest BCUT2D eigenvalue weighted by molar-refractivity contribution is 7.11. The number of hydrogen-bond donors (Lipinski definition) is 0. The summed E-state index contributed by atoms with van der Waals surface area (Å²) in [6, 6.07) is 0. The standard InChI is InChI=1S/C7H11NOS/c1-5-6(2)10-7(8-5)4-9-3/h4H2,1-3H3. The van der Waals surface area contributed by atoms with E-state index in [0.29, 0.717) is 6.61 Å². The molecule has 0 aromatic carbocycles. The SMILES string of the molecule is COCc1nc(C)c(C)s1. The number of rotatable bonds is 2. The van der Waals surface area contributed by atoms with Crippen LogP contribution in [0.1, 0.15) is 15.6 Å². The molecule has 3 heteroatoms. The van der Waals surface area contributed by atoms with Crippen LogP contribution in [0.4, 0.5) is 0 Å². The molecular formula is C7H11NOS. The second-order valence-electron chi connectivity index (χ2n) is 2.18. The molecule has 0 saturated heterocycles.